The van der Waals surface area contributed by atoms with Crippen LogP contribution in [0.15, 0.2) is 65.6 Å². The van der Waals surface area contributed by atoms with Gasteiger partial charge in [-0.3, -0.25) is 13.9 Å². The molecular weight excluding hydrogens is 597 g/mol. The topological polar surface area (TPSA) is 96.0 Å². The average Bonchev–Trinajstić information content (AvgIpc) is 2.92. The summed E-state index contributed by atoms with van der Waals surface area (Å²) in [5.41, 5.74) is 1.64. The van der Waals surface area contributed by atoms with E-state index < -0.39 is 34.4 Å². The number of likely N-dealkylation sites (N-methyl/N-ethyl adjacent to an activating group) is 1. The maximum Gasteiger partial charge on any atom is 0.264 e. The number of amides is 2. The molecule has 3 aromatic rings. The van der Waals surface area contributed by atoms with Gasteiger partial charge in [-0.1, -0.05) is 58.6 Å². The Hall–Kier alpha value is -2.98. The van der Waals surface area contributed by atoms with Crippen molar-refractivity contribution >= 4 is 62.3 Å². The molecule has 0 aromatic heterocycles. The Bertz CT molecular complexity index is 1480. The van der Waals surface area contributed by atoms with Crippen LogP contribution in [0.1, 0.15) is 25.0 Å². The average molecular weight is 627 g/mol. The fraction of sp³-hybridized carbons (Fsp3) is 0.286. The van der Waals surface area contributed by atoms with E-state index in [-0.39, 0.29) is 27.2 Å². The molecule has 2 amide bonds. The molecule has 0 spiro atoms. The molecule has 1 unspecified atom stereocenters. The molecule has 1 atom stereocenters. The number of carbonyl (C=O) groups excluding carboxylic acids is 2. The number of nitrogens with zero attached hydrogens (tertiary/aromatic N) is 2. The number of hydrogen-bond acceptors (Lipinski definition) is 5. The number of sulfonamides is 1. The number of nitrogens with one attached hydrogen (secondary N) is 1. The third kappa shape index (κ3) is 7.40. The summed E-state index contributed by atoms with van der Waals surface area (Å²) in [4.78, 5) is 28.0. The third-order valence-corrected chi connectivity index (χ3v) is 8.99. The highest BCUT2D eigenvalue weighted by molar-refractivity contribution is 7.92. The highest BCUT2D eigenvalue weighted by Gasteiger charge is 2.32. The quantitative estimate of drug-likeness (QED) is 0.294. The standard InChI is InChI=1S/C28H30Cl3N3O5S/c1-5-32-28(36)19(3)33(16-20-8-12-23(29)24(30)14-20)27(35)17-34(21-9-13-26(39-4)25(31)15-21)40(37,38)22-10-6-18(2)7-11-22/h6-15,19H,5,16-17H2,1-4H3,(H,32,36). The maximum absolute atomic E-state index is 13.9. The zero-order valence-electron chi connectivity index (χ0n) is 22.4. The predicted octanol–water partition coefficient (Wildman–Crippen LogP) is 5.71. The molecule has 0 bridgehead atoms. The van der Waals surface area contributed by atoms with Crippen LogP contribution in [0.4, 0.5) is 5.69 Å². The molecule has 0 aliphatic heterocycles. The van der Waals surface area contributed by atoms with Crippen molar-refractivity contribution in [3.05, 3.63) is 86.9 Å². The molecule has 0 saturated heterocycles. The summed E-state index contributed by atoms with van der Waals surface area (Å²) < 4.78 is 33.9. The van der Waals surface area contributed by atoms with Crippen LogP contribution in [0.5, 0.6) is 5.75 Å². The zero-order valence-corrected chi connectivity index (χ0v) is 25.5. The van der Waals surface area contributed by atoms with Crippen molar-refractivity contribution in [1.82, 2.24) is 10.2 Å². The van der Waals surface area contributed by atoms with Crippen molar-refractivity contribution in [2.75, 3.05) is 24.5 Å². The Morgan fingerprint density at radius 2 is 1.62 bits per heavy atom. The minimum atomic E-state index is -4.23. The fourth-order valence-electron chi connectivity index (χ4n) is 3.92. The second kappa shape index (κ2) is 13.6. The van der Waals surface area contributed by atoms with Gasteiger partial charge in [-0.05, 0) is 68.8 Å². The van der Waals surface area contributed by atoms with E-state index in [1.165, 1.54) is 42.3 Å². The van der Waals surface area contributed by atoms with Gasteiger partial charge in [0.15, 0.2) is 0 Å². The van der Waals surface area contributed by atoms with Crippen LogP contribution in [0.2, 0.25) is 15.1 Å². The lowest BCUT2D eigenvalue weighted by Gasteiger charge is -2.32. The molecule has 0 saturated carbocycles. The van der Waals surface area contributed by atoms with E-state index in [0.717, 1.165) is 9.87 Å². The second-order valence-electron chi connectivity index (χ2n) is 8.98. The van der Waals surface area contributed by atoms with Gasteiger partial charge < -0.3 is 15.0 Å². The molecule has 1 N–H and O–H groups in total. The predicted molar refractivity (Wildman–Crippen MR) is 159 cm³/mol. The van der Waals surface area contributed by atoms with Crippen LogP contribution in [0, 0.1) is 6.92 Å². The lowest BCUT2D eigenvalue weighted by Crippen LogP contribution is -2.51. The van der Waals surface area contributed by atoms with Gasteiger partial charge in [0.2, 0.25) is 11.8 Å². The first kappa shape index (κ1) is 31.5. The van der Waals surface area contributed by atoms with E-state index in [1.54, 1.807) is 44.2 Å². The monoisotopic (exact) mass is 625 g/mol. The van der Waals surface area contributed by atoms with Crippen molar-refractivity contribution in [3.63, 3.8) is 0 Å². The van der Waals surface area contributed by atoms with Crippen LogP contribution in [-0.2, 0) is 26.2 Å². The largest absolute Gasteiger partial charge is 0.495 e. The Morgan fingerprint density at radius 1 is 0.950 bits per heavy atom. The van der Waals surface area contributed by atoms with Gasteiger partial charge in [-0.25, -0.2) is 8.42 Å². The Morgan fingerprint density at radius 3 is 2.20 bits per heavy atom. The lowest BCUT2D eigenvalue weighted by atomic mass is 10.1. The van der Waals surface area contributed by atoms with E-state index in [0.29, 0.717) is 22.9 Å². The molecule has 0 fully saturated rings. The lowest BCUT2D eigenvalue weighted by molar-refractivity contribution is -0.139. The van der Waals surface area contributed by atoms with Gasteiger partial charge >= 0.3 is 0 Å². The van der Waals surface area contributed by atoms with Crippen molar-refractivity contribution in [1.29, 1.82) is 0 Å². The first-order valence-corrected chi connectivity index (χ1v) is 14.9. The number of aryl methyl sites for hydroxylation is 1. The maximum atomic E-state index is 13.9. The summed E-state index contributed by atoms with van der Waals surface area (Å²) in [6.07, 6.45) is 0. The number of halogens is 3. The van der Waals surface area contributed by atoms with Gasteiger partial charge in [-0.15, -0.1) is 0 Å². The highest BCUT2D eigenvalue weighted by Crippen LogP contribution is 2.32. The minimum Gasteiger partial charge on any atom is -0.495 e. The van der Waals surface area contributed by atoms with Gasteiger partial charge in [0.1, 0.15) is 18.3 Å². The number of benzene rings is 3. The van der Waals surface area contributed by atoms with E-state index in [4.69, 9.17) is 39.5 Å². The summed E-state index contributed by atoms with van der Waals surface area (Å²) in [5.74, 6) is -0.667. The van der Waals surface area contributed by atoms with Crippen molar-refractivity contribution in [3.8, 4) is 5.75 Å². The highest BCUT2D eigenvalue weighted by atomic mass is 35.5. The van der Waals surface area contributed by atoms with Crippen LogP contribution in [-0.4, -0.2) is 51.4 Å². The molecule has 12 heteroatoms. The number of carbonyl (C=O) groups is 2. The zero-order chi connectivity index (χ0) is 29.6. The van der Waals surface area contributed by atoms with Crippen LogP contribution in [0.3, 0.4) is 0 Å². The van der Waals surface area contributed by atoms with Crippen LogP contribution in [0.25, 0.3) is 0 Å². The summed E-state index contributed by atoms with van der Waals surface area (Å²) >= 11 is 18.6. The first-order valence-electron chi connectivity index (χ1n) is 12.3. The SMILES string of the molecule is CCNC(=O)C(C)N(Cc1ccc(Cl)c(Cl)c1)C(=O)CN(c1ccc(OC)c(Cl)c1)S(=O)(=O)c1ccc(C)cc1. The second-order valence-corrected chi connectivity index (χ2v) is 12.1. The third-order valence-electron chi connectivity index (χ3n) is 6.17. The van der Waals surface area contributed by atoms with Crippen LogP contribution >= 0.6 is 34.8 Å². The fourth-order valence-corrected chi connectivity index (χ4v) is 5.89. The summed E-state index contributed by atoms with van der Waals surface area (Å²) in [7, 11) is -2.79. The molecule has 0 heterocycles. The van der Waals surface area contributed by atoms with Gasteiger partial charge in [0, 0.05) is 13.1 Å². The number of ether oxygens (including phenoxy) is 1. The van der Waals surface area contributed by atoms with E-state index in [2.05, 4.69) is 5.32 Å². The van der Waals surface area contributed by atoms with E-state index in [1.807, 2.05) is 6.92 Å². The number of methoxy groups -OCH3 is 1. The van der Waals surface area contributed by atoms with Crippen LogP contribution < -0.4 is 14.4 Å². The van der Waals surface area contributed by atoms with Gasteiger partial charge in [0.25, 0.3) is 10.0 Å². The minimum absolute atomic E-state index is 0.00866. The molecule has 8 nitrogen and oxygen atoms in total. The smallest absolute Gasteiger partial charge is 0.264 e. The van der Waals surface area contributed by atoms with Crippen molar-refractivity contribution in [2.45, 2.75) is 38.3 Å². The molecule has 3 rings (SSSR count). The Labute approximate surface area is 249 Å². The van der Waals surface area contributed by atoms with Crippen molar-refractivity contribution < 1.29 is 22.7 Å². The van der Waals surface area contributed by atoms with E-state index >= 15 is 0 Å². The summed E-state index contributed by atoms with van der Waals surface area (Å²) in [6, 6.07) is 14.7. The van der Waals surface area contributed by atoms with E-state index in [9.17, 15) is 18.0 Å². The molecule has 40 heavy (non-hydrogen) atoms. The molecule has 0 radical (unpaired) electrons. The Kier molecular flexibility index (Phi) is 10.7. The van der Waals surface area contributed by atoms with Gasteiger partial charge in [-0.2, -0.15) is 0 Å². The number of rotatable bonds is 11. The molecular formula is C28H30Cl3N3O5S. The Balaban J connectivity index is 2.07. The molecule has 0 aliphatic carbocycles. The molecule has 0 aliphatic rings. The summed E-state index contributed by atoms with van der Waals surface area (Å²) in [5, 5.41) is 3.50. The normalized spacial score (nSPS) is 12.0. The summed E-state index contributed by atoms with van der Waals surface area (Å²) in [6.45, 7) is 4.91. The number of anilines is 1. The first-order chi connectivity index (χ1) is 18.9. The van der Waals surface area contributed by atoms with Crippen molar-refractivity contribution in [2.24, 2.45) is 0 Å². The van der Waals surface area contributed by atoms with Gasteiger partial charge in [0.05, 0.1) is 32.8 Å². The number of hydrogen-bond donors (Lipinski definition) is 1. The molecule has 214 valence electrons. The molecule has 3 aromatic carbocycles.